The van der Waals surface area contributed by atoms with Gasteiger partial charge in [0.05, 0.1) is 14.7 Å². The van der Waals surface area contributed by atoms with Crippen LogP contribution in [0.4, 0.5) is 5.69 Å². The van der Waals surface area contributed by atoms with Crippen LogP contribution in [0.1, 0.15) is 26.4 Å². The second kappa shape index (κ2) is 7.29. The number of piperazine rings is 1. The second-order valence-corrected chi connectivity index (χ2v) is 6.68. The van der Waals surface area contributed by atoms with Gasteiger partial charge < -0.3 is 14.8 Å². The smallest absolute Gasteiger partial charge is 0.283 e. The molecule has 1 unspecified atom stereocenters. The van der Waals surface area contributed by atoms with E-state index in [1.54, 1.807) is 18.0 Å². The summed E-state index contributed by atoms with van der Waals surface area (Å²) < 4.78 is 1.89. The van der Waals surface area contributed by atoms with Crippen LogP contribution in [0.2, 0.25) is 0 Å². The summed E-state index contributed by atoms with van der Waals surface area (Å²) in [4.78, 5) is 30.4. The van der Waals surface area contributed by atoms with Gasteiger partial charge in [0.25, 0.3) is 11.6 Å². The number of carbonyl (C=O) groups is 1. The fourth-order valence-corrected chi connectivity index (χ4v) is 3.72. The Morgan fingerprint density at radius 1 is 1.54 bits per heavy atom. The van der Waals surface area contributed by atoms with Crippen LogP contribution in [0, 0.1) is 17.0 Å². The molecule has 2 aromatic heterocycles. The van der Waals surface area contributed by atoms with Crippen molar-refractivity contribution in [3.8, 4) is 0 Å². The minimum Gasteiger partial charge on any atom is -0.336 e. The molecule has 1 N–H and O–H groups in total. The summed E-state index contributed by atoms with van der Waals surface area (Å²) >= 11 is 1.17. The molecule has 0 aliphatic carbocycles. The van der Waals surface area contributed by atoms with Gasteiger partial charge >= 0.3 is 0 Å². The molecule has 0 radical (unpaired) electrons. The van der Waals surface area contributed by atoms with E-state index in [1.807, 2.05) is 17.8 Å². The molecule has 2 aromatic rings. The summed E-state index contributed by atoms with van der Waals surface area (Å²) in [6.45, 7) is 3.51. The molecule has 0 bridgehead atoms. The highest BCUT2D eigenvalue weighted by molar-refractivity contribution is 7.14. The maximum atomic E-state index is 12.9. The highest BCUT2D eigenvalue weighted by Crippen LogP contribution is 2.31. The van der Waals surface area contributed by atoms with E-state index in [9.17, 15) is 14.9 Å². The summed E-state index contributed by atoms with van der Waals surface area (Å²) in [5.41, 5.74) is 0.00188. The van der Waals surface area contributed by atoms with Crippen LogP contribution < -0.4 is 5.32 Å². The third-order valence-electron chi connectivity index (χ3n) is 3.96. The zero-order chi connectivity index (χ0) is 16.6. The molecule has 3 heterocycles. The minimum atomic E-state index is -0.448. The zero-order valence-electron chi connectivity index (χ0n) is 13.3. The van der Waals surface area contributed by atoms with Crippen molar-refractivity contribution in [3.05, 3.63) is 44.2 Å². The van der Waals surface area contributed by atoms with Crippen LogP contribution >= 0.6 is 23.7 Å². The van der Waals surface area contributed by atoms with Crippen molar-refractivity contribution in [2.24, 2.45) is 7.05 Å². The van der Waals surface area contributed by atoms with Crippen molar-refractivity contribution in [2.45, 2.75) is 13.0 Å². The number of amides is 1. The number of hydrogen-bond acceptors (Lipinski definition) is 6. The number of nitrogens with one attached hydrogen (secondary N) is 1. The predicted molar refractivity (Wildman–Crippen MR) is 92.8 cm³/mol. The number of aryl methyl sites for hydroxylation is 2. The fourth-order valence-electron chi connectivity index (χ4n) is 2.78. The Morgan fingerprint density at radius 2 is 2.29 bits per heavy atom. The molecule has 10 heteroatoms. The molecular weight excluding hydrogens is 354 g/mol. The number of aromatic nitrogens is 2. The highest BCUT2D eigenvalue weighted by atomic mass is 35.5. The Balaban J connectivity index is 0.00000208. The molecule has 1 aliphatic heterocycles. The third-order valence-corrected chi connectivity index (χ3v) is 4.99. The molecule has 0 spiro atoms. The first kappa shape index (κ1) is 18.4. The lowest BCUT2D eigenvalue weighted by Gasteiger charge is -2.35. The number of halogens is 1. The summed E-state index contributed by atoms with van der Waals surface area (Å²) in [6.07, 6.45) is 3.54. The Labute approximate surface area is 149 Å². The topological polar surface area (TPSA) is 93.3 Å². The van der Waals surface area contributed by atoms with Gasteiger partial charge in [-0.2, -0.15) is 0 Å². The normalized spacial score (nSPS) is 17.4. The van der Waals surface area contributed by atoms with Crippen LogP contribution in [-0.4, -0.2) is 44.9 Å². The molecule has 1 aliphatic rings. The van der Waals surface area contributed by atoms with Crippen molar-refractivity contribution in [3.63, 3.8) is 0 Å². The van der Waals surface area contributed by atoms with E-state index in [-0.39, 0.29) is 30.0 Å². The largest absolute Gasteiger partial charge is 0.336 e. The Morgan fingerprint density at radius 3 is 2.88 bits per heavy atom. The summed E-state index contributed by atoms with van der Waals surface area (Å²) in [6, 6.07) is 1.19. The minimum absolute atomic E-state index is 0. The summed E-state index contributed by atoms with van der Waals surface area (Å²) in [5, 5.41) is 14.3. The van der Waals surface area contributed by atoms with Crippen molar-refractivity contribution >= 4 is 35.3 Å². The van der Waals surface area contributed by atoms with Crippen molar-refractivity contribution < 1.29 is 9.72 Å². The van der Waals surface area contributed by atoms with Gasteiger partial charge in [-0.05, 0) is 6.92 Å². The van der Waals surface area contributed by atoms with Gasteiger partial charge in [0, 0.05) is 45.1 Å². The highest BCUT2D eigenvalue weighted by Gasteiger charge is 2.32. The first-order chi connectivity index (χ1) is 11.0. The number of imidazole rings is 1. The molecule has 1 amide bonds. The number of thiophene rings is 1. The van der Waals surface area contributed by atoms with Crippen LogP contribution in [0.5, 0.6) is 0 Å². The number of nitro groups is 1. The Kier molecular flexibility index (Phi) is 5.58. The monoisotopic (exact) mass is 371 g/mol. The number of nitrogens with zero attached hydrogens (tertiary/aromatic N) is 4. The van der Waals surface area contributed by atoms with Gasteiger partial charge in [-0.3, -0.25) is 14.9 Å². The quantitative estimate of drug-likeness (QED) is 0.657. The van der Waals surface area contributed by atoms with Gasteiger partial charge in [0.15, 0.2) is 0 Å². The average molecular weight is 372 g/mol. The van der Waals surface area contributed by atoms with E-state index in [0.717, 1.165) is 5.82 Å². The van der Waals surface area contributed by atoms with Gasteiger partial charge in [0.2, 0.25) is 0 Å². The fraction of sp³-hybridized carbons (Fsp3) is 0.429. The maximum absolute atomic E-state index is 12.9. The van der Waals surface area contributed by atoms with Crippen molar-refractivity contribution in [1.82, 2.24) is 19.8 Å². The van der Waals surface area contributed by atoms with Gasteiger partial charge in [-0.25, -0.2) is 4.98 Å². The van der Waals surface area contributed by atoms with Crippen LogP contribution in [0.25, 0.3) is 0 Å². The standard InChI is InChI=1S/C14H17N5O3S.ClH/c1-9-10(19(21)22)7-12(23-9)14(20)18-6-3-15-8-11(18)13-16-4-5-17(13)2;/h4-5,7,11,15H,3,6,8H2,1-2H3;1H. The number of hydrogen-bond donors (Lipinski definition) is 1. The second-order valence-electron chi connectivity index (χ2n) is 5.42. The lowest BCUT2D eigenvalue weighted by atomic mass is 10.1. The van der Waals surface area contributed by atoms with E-state index >= 15 is 0 Å². The van der Waals surface area contributed by atoms with Crippen LogP contribution in [0.3, 0.4) is 0 Å². The Bertz CT molecular complexity index is 759. The zero-order valence-corrected chi connectivity index (χ0v) is 14.9. The molecule has 24 heavy (non-hydrogen) atoms. The molecule has 8 nitrogen and oxygen atoms in total. The molecule has 130 valence electrons. The first-order valence-corrected chi connectivity index (χ1v) is 8.04. The van der Waals surface area contributed by atoms with Crippen LogP contribution in [0.15, 0.2) is 18.5 Å². The number of carbonyl (C=O) groups excluding carboxylic acids is 1. The van der Waals surface area contributed by atoms with Gasteiger partial charge in [-0.1, -0.05) is 0 Å². The molecule has 0 aromatic carbocycles. The molecule has 1 fully saturated rings. The van der Waals surface area contributed by atoms with Gasteiger partial charge in [0.1, 0.15) is 11.9 Å². The molecule has 1 saturated heterocycles. The van der Waals surface area contributed by atoms with E-state index in [1.165, 1.54) is 17.4 Å². The van der Waals surface area contributed by atoms with Crippen LogP contribution in [-0.2, 0) is 7.05 Å². The molecule has 0 saturated carbocycles. The third kappa shape index (κ3) is 3.28. The van der Waals surface area contributed by atoms with E-state index in [0.29, 0.717) is 29.4 Å². The summed E-state index contributed by atoms with van der Waals surface area (Å²) in [5.74, 6) is 0.619. The van der Waals surface area contributed by atoms with E-state index < -0.39 is 4.92 Å². The van der Waals surface area contributed by atoms with E-state index in [2.05, 4.69) is 10.3 Å². The van der Waals surface area contributed by atoms with Crippen molar-refractivity contribution in [2.75, 3.05) is 19.6 Å². The lowest BCUT2D eigenvalue weighted by molar-refractivity contribution is -0.385. The number of rotatable bonds is 3. The predicted octanol–water partition coefficient (Wildman–Crippen LogP) is 1.91. The van der Waals surface area contributed by atoms with Crippen molar-refractivity contribution in [1.29, 1.82) is 0 Å². The lowest BCUT2D eigenvalue weighted by Crippen LogP contribution is -2.49. The van der Waals surface area contributed by atoms with Gasteiger partial charge in [-0.15, -0.1) is 23.7 Å². The average Bonchev–Trinajstić information content (AvgIpc) is 3.12. The summed E-state index contributed by atoms with van der Waals surface area (Å²) in [7, 11) is 1.89. The Hall–Kier alpha value is -1.97. The molecular formula is C14H18ClN5O3S. The maximum Gasteiger partial charge on any atom is 0.283 e. The van der Waals surface area contributed by atoms with E-state index in [4.69, 9.17) is 0 Å². The molecule has 1 atom stereocenters. The SMILES string of the molecule is Cc1sc(C(=O)N2CCNCC2c2nccn2C)cc1[N+](=O)[O-].Cl. The first-order valence-electron chi connectivity index (χ1n) is 7.22. The molecule has 3 rings (SSSR count).